The van der Waals surface area contributed by atoms with Crippen LogP contribution in [0.1, 0.15) is 70.6 Å². The summed E-state index contributed by atoms with van der Waals surface area (Å²) in [7, 11) is 4.47. The highest BCUT2D eigenvalue weighted by Gasteiger charge is 2.42. The van der Waals surface area contributed by atoms with Gasteiger partial charge < -0.3 is 4.90 Å². The van der Waals surface area contributed by atoms with Gasteiger partial charge in [0.05, 0.1) is 6.04 Å². The number of likely N-dealkylation sites (N-methyl/N-ethyl adjacent to an activating group) is 1. The van der Waals surface area contributed by atoms with Gasteiger partial charge in [0.15, 0.2) is 0 Å². The zero-order valence-electron chi connectivity index (χ0n) is 13.5. The summed E-state index contributed by atoms with van der Waals surface area (Å²) in [5, 5.41) is 0. The predicted octanol–water partition coefficient (Wildman–Crippen LogP) is 3.36. The van der Waals surface area contributed by atoms with Crippen molar-refractivity contribution < 1.29 is 0 Å². The molecule has 2 rings (SSSR count). The Bertz CT molecular complexity index is 316. The molecule has 2 aliphatic rings. The summed E-state index contributed by atoms with van der Waals surface area (Å²) in [4.78, 5) is 2.44. The molecule has 0 aromatic heterocycles. The SMILES string of the molecule is CN(C)C1(C(NN)C2=CCCCCCC2)CCCCC1. The first-order valence-electron chi connectivity index (χ1n) is 8.53. The highest BCUT2D eigenvalue weighted by atomic mass is 15.3. The number of nitrogens with one attached hydrogen (secondary N) is 1. The topological polar surface area (TPSA) is 41.3 Å². The summed E-state index contributed by atoms with van der Waals surface area (Å²) in [6, 6.07) is 0.330. The summed E-state index contributed by atoms with van der Waals surface area (Å²) in [6.07, 6.45) is 17.0. The van der Waals surface area contributed by atoms with E-state index in [9.17, 15) is 0 Å². The second-order valence-electron chi connectivity index (χ2n) is 6.89. The second kappa shape index (κ2) is 7.58. The molecular weight excluding hydrogens is 246 g/mol. The van der Waals surface area contributed by atoms with Crippen LogP contribution in [0.15, 0.2) is 11.6 Å². The van der Waals surface area contributed by atoms with Crippen LogP contribution in [0.4, 0.5) is 0 Å². The largest absolute Gasteiger partial charge is 0.302 e. The first-order valence-corrected chi connectivity index (χ1v) is 8.53. The molecule has 0 aromatic carbocycles. The van der Waals surface area contributed by atoms with E-state index in [1.165, 1.54) is 70.6 Å². The minimum atomic E-state index is 0.220. The predicted molar refractivity (Wildman–Crippen MR) is 86.4 cm³/mol. The van der Waals surface area contributed by atoms with Crippen LogP contribution in [0.5, 0.6) is 0 Å². The molecule has 0 saturated heterocycles. The Balaban J connectivity index is 2.22. The molecule has 0 bridgehead atoms. The Morgan fingerprint density at radius 1 is 1.05 bits per heavy atom. The third-order valence-electron chi connectivity index (χ3n) is 5.51. The van der Waals surface area contributed by atoms with Gasteiger partial charge in [0.1, 0.15) is 0 Å². The Kier molecular flexibility index (Phi) is 6.06. The van der Waals surface area contributed by atoms with Crippen molar-refractivity contribution in [3.05, 3.63) is 11.6 Å². The molecule has 3 N–H and O–H groups in total. The van der Waals surface area contributed by atoms with Crippen molar-refractivity contribution >= 4 is 0 Å². The zero-order chi connectivity index (χ0) is 14.4. The van der Waals surface area contributed by atoms with Gasteiger partial charge in [-0.2, -0.15) is 0 Å². The Morgan fingerprint density at radius 2 is 1.70 bits per heavy atom. The van der Waals surface area contributed by atoms with E-state index in [1.54, 1.807) is 5.57 Å². The molecule has 1 saturated carbocycles. The lowest BCUT2D eigenvalue weighted by Gasteiger charge is -2.49. The van der Waals surface area contributed by atoms with Gasteiger partial charge in [-0.3, -0.25) is 11.3 Å². The molecule has 1 fully saturated rings. The van der Waals surface area contributed by atoms with Crippen molar-refractivity contribution in [2.45, 2.75) is 82.2 Å². The van der Waals surface area contributed by atoms with E-state index in [1.807, 2.05) is 0 Å². The second-order valence-corrected chi connectivity index (χ2v) is 6.89. The molecule has 0 aromatic rings. The minimum absolute atomic E-state index is 0.220. The van der Waals surface area contributed by atoms with Crippen molar-refractivity contribution in [3.8, 4) is 0 Å². The van der Waals surface area contributed by atoms with E-state index in [0.29, 0.717) is 6.04 Å². The van der Waals surface area contributed by atoms with Crippen molar-refractivity contribution in [2.75, 3.05) is 14.1 Å². The van der Waals surface area contributed by atoms with E-state index in [0.717, 1.165) is 0 Å². The van der Waals surface area contributed by atoms with Gasteiger partial charge in [-0.1, -0.05) is 43.8 Å². The summed E-state index contributed by atoms with van der Waals surface area (Å²) in [5.74, 6) is 6.03. The molecule has 3 heteroatoms. The lowest BCUT2D eigenvalue weighted by atomic mass is 9.72. The van der Waals surface area contributed by atoms with Gasteiger partial charge in [0.25, 0.3) is 0 Å². The number of hydrazine groups is 1. The fourth-order valence-corrected chi connectivity index (χ4v) is 4.24. The molecule has 0 radical (unpaired) electrons. The van der Waals surface area contributed by atoms with Crippen LogP contribution >= 0.6 is 0 Å². The van der Waals surface area contributed by atoms with Crippen molar-refractivity contribution in [1.29, 1.82) is 0 Å². The van der Waals surface area contributed by atoms with E-state index < -0.39 is 0 Å². The Morgan fingerprint density at radius 3 is 2.35 bits per heavy atom. The number of hydrogen-bond donors (Lipinski definition) is 2. The molecule has 0 amide bonds. The van der Waals surface area contributed by atoms with Crippen molar-refractivity contribution in [2.24, 2.45) is 5.84 Å². The van der Waals surface area contributed by atoms with Gasteiger partial charge in [-0.15, -0.1) is 0 Å². The highest BCUT2D eigenvalue weighted by molar-refractivity contribution is 5.20. The van der Waals surface area contributed by atoms with E-state index >= 15 is 0 Å². The van der Waals surface area contributed by atoms with E-state index in [4.69, 9.17) is 5.84 Å². The molecule has 2 aliphatic carbocycles. The summed E-state index contributed by atoms with van der Waals surface area (Å²) >= 11 is 0. The molecule has 116 valence electrons. The molecule has 0 heterocycles. The van der Waals surface area contributed by atoms with Crippen LogP contribution in [-0.2, 0) is 0 Å². The number of rotatable bonds is 4. The third-order valence-corrected chi connectivity index (χ3v) is 5.51. The maximum absolute atomic E-state index is 6.03. The van der Waals surface area contributed by atoms with Crippen LogP contribution in [0.25, 0.3) is 0 Å². The quantitative estimate of drug-likeness (QED) is 0.471. The molecule has 0 aliphatic heterocycles. The van der Waals surface area contributed by atoms with Crippen molar-refractivity contribution in [3.63, 3.8) is 0 Å². The van der Waals surface area contributed by atoms with Gasteiger partial charge >= 0.3 is 0 Å². The van der Waals surface area contributed by atoms with Crippen LogP contribution in [0.3, 0.4) is 0 Å². The molecule has 20 heavy (non-hydrogen) atoms. The summed E-state index contributed by atoms with van der Waals surface area (Å²) in [5.41, 5.74) is 4.99. The van der Waals surface area contributed by atoms with Gasteiger partial charge in [0.2, 0.25) is 0 Å². The minimum Gasteiger partial charge on any atom is -0.302 e. The van der Waals surface area contributed by atoms with Crippen LogP contribution in [0, 0.1) is 0 Å². The molecule has 0 spiro atoms. The standard InChI is InChI=1S/C17H33N3/c1-20(2)17(13-9-6-10-14-17)16(19-18)15-11-7-4-3-5-8-12-15/h11,16,19H,3-10,12-14,18H2,1-2H3. The highest BCUT2D eigenvalue weighted by Crippen LogP contribution is 2.38. The summed E-state index contributed by atoms with van der Waals surface area (Å²) in [6.45, 7) is 0. The maximum Gasteiger partial charge on any atom is 0.0603 e. The fourth-order valence-electron chi connectivity index (χ4n) is 4.24. The fraction of sp³-hybridized carbons (Fsp3) is 0.882. The zero-order valence-corrected chi connectivity index (χ0v) is 13.5. The molecule has 1 unspecified atom stereocenters. The Hall–Kier alpha value is -0.380. The van der Waals surface area contributed by atoms with Gasteiger partial charge in [-0.05, 0) is 52.6 Å². The summed E-state index contributed by atoms with van der Waals surface area (Å²) < 4.78 is 0. The number of allylic oxidation sites excluding steroid dienone is 1. The van der Waals surface area contributed by atoms with Crippen LogP contribution in [0.2, 0.25) is 0 Å². The van der Waals surface area contributed by atoms with Crippen molar-refractivity contribution in [1.82, 2.24) is 10.3 Å². The van der Waals surface area contributed by atoms with Gasteiger partial charge in [-0.25, -0.2) is 0 Å². The average molecular weight is 279 g/mol. The van der Waals surface area contributed by atoms with Crippen LogP contribution in [-0.4, -0.2) is 30.6 Å². The number of nitrogens with zero attached hydrogens (tertiary/aromatic N) is 1. The first kappa shape index (κ1) is 16.0. The normalized spacial score (nSPS) is 25.7. The lowest BCUT2D eigenvalue weighted by Crippen LogP contribution is -2.62. The van der Waals surface area contributed by atoms with E-state index in [2.05, 4.69) is 30.5 Å². The monoisotopic (exact) mass is 279 g/mol. The molecule has 1 atom stereocenters. The maximum atomic E-state index is 6.03. The van der Waals surface area contributed by atoms with E-state index in [-0.39, 0.29) is 5.54 Å². The molecule has 3 nitrogen and oxygen atoms in total. The van der Waals surface area contributed by atoms with Crippen LogP contribution < -0.4 is 11.3 Å². The molecular formula is C17H33N3. The lowest BCUT2D eigenvalue weighted by molar-refractivity contribution is 0.0682. The third kappa shape index (κ3) is 3.44. The average Bonchev–Trinajstić information content (AvgIpc) is 2.42. The number of nitrogens with two attached hydrogens (primary N) is 1. The smallest absolute Gasteiger partial charge is 0.0603 e. The van der Waals surface area contributed by atoms with Gasteiger partial charge in [0, 0.05) is 5.54 Å². The first-order chi connectivity index (χ1) is 9.70. The number of hydrogen-bond acceptors (Lipinski definition) is 3. The Labute approximate surface area is 124 Å².